The van der Waals surface area contributed by atoms with Crippen LogP contribution in [-0.2, 0) is 14.8 Å². The Balaban J connectivity index is 1.95. The quantitative estimate of drug-likeness (QED) is 0.430. The lowest BCUT2D eigenvalue weighted by Gasteiger charge is -2.25. The molecule has 0 aromatic heterocycles. The number of rotatable bonds is 7. The van der Waals surface area contributed by atoms with E-state index in [0.29, 0.717) is 23.6 Å². The Morgan fingerprint density at radius 1 is 1.19 bits per heavy atom. The molecule has 1 amide bonds. The number of hydrogen-bond acceptors (Lipinski definition) is 5. The number of anilines is 1. The fourth-order valence-electron chi connectivity index (χ4n) is 3.15. The highest BCUT2D eigenvalue weighted by Crippen LogP contribution is 2.44. The van der Waals surface area contributed by atoms with E-state index in [1.807, 2.05) is 0 Å². The van der Waals surface area contributed by atoms with E-state index in [-0.39, 0.29) is 11.3 Å². The number of hydrogen-bond donors (Lipinski definition) is 2. The highest BCUT2D eigenvalue weighted by Gasteiger charge is 2.43. The molecule has 27 heavy (non-hydrogen) atoms. The van der Waals surface area contributed by atoms with E-state index < -0.39 is 22.0 Å². The fourth-order valence-corrected chi connectivity index (χ4v) is 5.03. The second-order valence-electron chi connectivity index (χ2n) is 6.29. The highest BCUT2D eigenvalue weighted by atomic mass is 32.2. The zero-order chi connectivity index (χ0) is 19.4. The van der Waals surface area contributed by atoms with Crippen LogP contribution in [-0.4, -0.2) is 26.1 Å². The van der Waals surface area contributed by atoms with Gasteiger partial charge in [-0.05, 0) is 42.3 Å². The Morgan fingerprint density at radius 2 is 1.89 bits per heavy atom. The molecule has 2 N–H and O–H groups in total. The summed E-state index contributed by atoms with van der Waals surface area (Å²) in [5.41, 5.74) is 2.55. The lowest BCUT2D eigenvalue weighted by Crippen LogP contribution is -2.32. The number of hydroxylamine groups is 1. The Labute approximate surface area is 158 Å². The van der Waals surface area contributed by atoms with Gasteiger partial charge in [-0.2, -0.15) is 0 Å². The molecular weight excluding hydrogens is 368 g/mol. The van der Waals surface area contributed by atoms with Gasteiger partial charge in [0, 0.05) is 0 Å². The van der Waals surface area contributed by atoms with Crippen molar-refractivity contribution in [1.82, 2.24) is 5.48 Å². The number of unbranched alkanes of at least 4 members (excludes halogenated alkanes) is 1. The van der Waals surface area contributed by atoms with Crippen molar-refractivity contribution >= 4 is 21.6 Å². The molecule has 0 aliphatic carbocycles. The summed E-state index contributed by atoms with van der Waals surface area (Å²) in [5.74, 6) is 0.00221. The molecule has 1 heterocycles. The van der Waals surface area contributed by atoms with Gasteiger partial charge in [0.1, 0.15) is 5.75 Å². The van der Waals surface area contributed by atoms with Gasteiger partial charge in [0.2, 0.25) is 5.91 Å². The lowest BCUT2D eigenvalue weighted by molar-refractivity contribution is -0.129. The second kappa shape index (κ2) is 7.98. The van der Waals surface area contributed by atoms with Gasteiger partial charge in [-0.1, -0.05) is 31.5 Å². The Bertz CT molecular complexity index is 912. The van der Waals surface area contributed by atoms with Crippen LogP contribution < -0.4 is 14.5 Å². The number of nitrogens with one attached hydrogen (secondary N) is 1. The average Bonchev–Trinajstić information content (AvgIpc) is 2.90. The van der Waals surface area contributed by atoms with Crippen molar-refractivity contribution in [3.05, 3.63) is 54.1 Å². The summed E-state index contributed by atoms with van der Waals surface area (Å²) in [7, 11) is -3.81. The third-order valence-electron chi connectivity index (χ3n) is 4.46. The predicted octanol–water partition coefficient (Wildman–Crippen LogP) is 3.01. The highest BCUT2D eigenvalue weighted by molar-refractivity contribution is 7.93. The first-order valence-electron chi connectivity index (χ1n) is 8.78. The minimum absolute atomic E-state index is 0.170. The molecule has 3 rings (SSSR count). The van der Waals surface area contributed by atoms with E-state index in [2.05, 4.69) is 6.92 Å². The molecule has 1 aliphatic rings. The van der Waals surface area contributed by atoms with E-state index in [1.54, 1.807) is 47.9 Å². The van der Waals surface area contributed by atoms with Gasteiger partial charge in [0.15, 0.2) is 0 Å². The summed E-state index contributed by atoms with van der Waals surface area (Å²) in [6.45, 7) is 2.67. The smallest absolute Gasteiger partial charge is 0.265 e. The maximum atomic E-state index is 13.1. The van der Waals surface area contributed by atoms with Gasteiger partial charge in [-0.25, -0.2) is 13.9 Å². The zero-order valence-electron chi connectivity index (χ0n) is 15.0. The molecule has 1 atom stereocenters. The first-order valence-corrected chi connectivity index (χ1v) is 10.2. The van der Waals surface area contributed by atoms with Crippen molar-refractivity contribution in [2.45, 2.75) is 37.1 Å². The standard InChI is InChI=1S/C19H22N2O5S/c1-2-3-12-26-15-10-8-14(9-11-15)21-17(13-19(22)20-23)16-6-4-5-7-18(16)27(21,24)25/h4-11,17,23H,2-3,12-13H2,1H3,(H,20,22). The molecule has 2 aromatic carbocycles. The van der Waals surface area contributed by atoms with E-state index in [9.17, 15) is 13.2 Å². The van der Waals surface area contributed by atoms with E-state index in [4.69, 9.17) is 9.94 Å². The van der Waals surface area contributed by atoms with Gasteiger partial charge in [0.25, 0.3) is 10.0 Å². The SMILES string of the molecule is CCCCOc1ccc(N2C(CC(=O)NO)c3ccccc3S2(=O)=O)cc1. The third-order valence-corrected chi connectivity index (χ3v) is 6.37. The number of sulfonamides is 1. The number of fused-ring (bicyclic) bond motifs is 1. The van der Waals surface area contributed by atoms with Gasteiger partial charge in [0.05, 0.1) is 29.7 Å². The molecule has 1 aliphatic heterocycles. The molecule has 0 saturated carbocycles. The number of carbonyl (C=O) groups is 1. The minimum Gasteiger partial charge on any atom is -0.494 e. The van der Waals surface area contributed by atoms with Crippen LogP contribution in [0.2, 0.25) is 0 Å². The van der Waals surface area contributed by atoms with E-state index in [0.717, 1.165) is 12.8 Å². The van der Waals surface area contributed by atoms with E-state index in [1.165, 1.54) is 10.4 Å². The number of amides is 1. The summed E-state index contributed by atoms with van der Waals surface area (Å²) in [6.07, 6.45) is 1.77. The van der Waals surface area contributed by atoms with E-state index >= 15 is 0 Å². The Kier molecular flexibility index (Phi) is 5.67. The predicted molar refractivity (Wildman–Crippen MR) is 100 cm³/mol. The molecular formula is C19H22N2O5S. The first-order chi connectivity index (χ1) is 13.0. The molecule has 0 fully saturated rings. The van der Waals surface area contributed by atoms with Gasteiger partial charge in [-0.15, -0.1) is 0 Å². The number of carbonyl (C=O) groups excluding carboxylic acids is 1. The van der Waals surface area contributed by atoms with Gasteiger partial charge in [-0.3, -0.25) is 14.3 Å². The van der Waals surface area contributed by atoms with Crippen molar-refractivity contribution < 1.29 is 23.2 Å². The minimum atomic E-state index is -3.81. The topological polar surface area (TPSA) is 95.9 Å². The van der Waals surface area contributed by atoms with Crippen LogP contribution in [0.5, 0.6) is 5.75 Å². The molecule has 2 aromatic rings. The monoisotopic (exact) mass is 390 g/mol. The van der Waals surface area contributed by atoms with Crippen molar-refractivity contribution in [2.24, 2.45) is 0 Å². The number of nitrogens with zero attached hydrogens (tertiary/aromatic N) is 1. The van der Waals surface area contributed by atoms with Crippen LogP contribution in [0, 0.1) is 0 Å². The average molecular weight is 390 g/mol. The fraction of sp³-hybridized carbons (Fsp3) is 0.316. The van der Waals surface area contributed by atoms with Gasteiger partial charge < -0.3 is 4.74 Å². The normalized spacial score (nSPS) is 17.4. The molecule has 0 spiro atoms. The first kappa shape index (κ1) is 19.2. The molecule has 1 unspecified atom stereocenters. The Morgan fingerprint density at radius 3 is 2.56 bits per heavy atom. The maximum absolute atomic E-state index is 13.1. The van der Waals surface area contributed by atoms with Crippen molar-refractivity contribution in [2.75, 3.05) is 10.9 Å². The summed E-state index contributed by atoms with van der Waals surface area (Å²) >= 11 is 0. The molecule has 7 nitrogen and oxygen atoms in total. The summed E-state index contributed by atoms with van der Waals surface area (Å²) in [6, 6.07) is 12.6. The van der Waals surface area contributed by atoms with Crippen molar-refractivity contribution in [1.29, 1.82) is 0 Å². The van der Waals surface area contributed by atoms with Crippen LogP contribution in [0.3, 0.4) is 0 Å². The Hall–Kier alpha value is -2.58. The molecule has 0 radical (unpaired) electrons. The summed E-state index contributed by atoms with van der Waals surface area (Å²) < 4.78 is 33.0. The van der Waals surface area contributed by atoms with Gasteiger partial charge >= 0.3 is 0 Å². The number of ether oxygens (including phenoxy) is 1. The molecule has 144 valence electrons. The van der Waals surface area contributed by atoms with Crippen LogP contribution in [0.1, 0.15) is 37.8 Å². The largest absolute Gasteiger partial charge is 0.494 e. The molecule has 0 saturated heterocycles. The van der Waals surface area contributed by atoms with Crippen LogP contribution in [0.15, 0.2) is 53.4 Å². The van der Waals surface area contributed by atoms with Crippen LogP contribution in [0.4, 0.5) is 5.69 Å². The molecule has 0 bridgehead atoms. The van der Waals surface area contributed by atoms with Crippen LogP contribution in [0.25, 0.3) is 0 Å². The maximum Gasteiger partial charge on any atom is 0.265 e. The number of benzene rings is 2. The summed E-state index contributed by atoms with van der Waals surface area (Å²) in [5, 5.41) is 8.89. The third kappa shape index (κ3) is 3.77. The summed E-state index contributed by atoms with van der Waals surface area (Å²) in [4.78, 5) is 11.9. The van der Waals surface area contributed by atoms with Crippen molar-refractivity contribution in [3.63, 3.8) is 0 Å². The van der Waals surface area contributed by atoms with Crippen molar-refractivity contribution in [3.8, 4) is 5.75 Å². The zero-order valence-corrected chi connectivity index (χ0v) is 15.8. The second-order valence-corrected chi connectivity index (χ2v) is 8.07. The molecule has 8 heteroatoms. The van der Waals surface area contributed by atoms with Crippen LogP contribution >= 0.6 is 0 Å². The lowest BCUT2D eigenvalue weighted by atomic mass is 10.0.